The molecule has 0 saturated carbocycles. The first kappa shape index (κ1) is 13.5. The molecule has 0 aliphatic carbocycles. The average Bonchev–Trinajstić information content (AvgIpc) is 2.36. The number of benzene rings is 1. The molecule has 2 heteroatoms. The summed E-state index contributed by atoms with van der Waals surface area (Å²) in [4.78, 5) is 11.7. The molecule has 0 aromatic heterocycles. The summed E-state index contributed by atoms with van der Waals surface area (Å²) in [5.41, 5.74) is 1.70. The Balaban J connectivity index is 2.77. The zero-order chi connectivity index (χ0) is 12.7. The van der Waals surface area contributed by atoms with Crippen molar-refractivity contribution >= 4 is 5.97 Å². The van der Waals surface area contributed by atoms with Crippen molar-refractivity contribution in [1.82, 2.24) is 0 Å². The molecular weight excluding hydrogens is 212 g/mol. The van der Waals surface area contributed by atoms with Crippen LogP contribution in [0.25, 0.3) is 0 Å². The first-order valence-electron chi connectivity index (χ1n) is 6.08. The number of aryl methyl sites for hydroxylation is 1. The van der Waals surface area contributed by atoms with E-state index in [9.17, 15) is 4.79 Å². The number of hydrogen-bond donors (Lipinski definition) is 0. The van der Waals surface area contributed by atoms with Gasteiger partial charge in [0, 0.05) is 0 Å². The van der Waals surface area contributed by atoms with Gasteiger partial charge in [0.05, 0.1) is 11.8 Å². The third-order valence-corrected chi connectivity index (χ3v) is 3.03. The van der Waals surface area contributed by atoms with Crippen molar-refractivity contribution in [3.63, 3.8) is 0 Å². The van der Waals surface area contributed by atoms with E-state index in [1.54, 1.807) is 6.07 Å². The maximum atomic E-state index is 11.7. The summed E-state index contributed by atoms with van der Waals surface area (Å²) in [7, 11) is 0. The van der Waals surface area contributed by atoms with Crippen LogP contribution in [0, 0.1) is 5.92 Å². The van der Waals surface area contributed by atoms with E-state index in [1.807, 2.05) is 18.2 Å². The van der Waals surface area contributed by atoms with Crippen LogP contribution in [0.2, 0.25) is 0 Å². The highest BCUT2D eigenvalue weighted by Crippen LogP contribution is 2.16. The van der Waals surface area contributed by atoms with Crippen LogP contribution in [0.3, 0.4) is 0 Å². The fraction of sp³-hybridized carbons (Fsp3) is 0.400. The number of carbonyl (C=O) groups is 1. The van der Waals surface area contributed by atoms with E-state index in [0.29, 0.717) is 11.5 Å². The largest absolute Gasteiger partial charge is 0.432 e. The molecule has 0 bridgehead atoms. The number of hydrogen-bond acceptors (Lipinski definition) is 2. The van der Waals surface area contributed by atoms with Gasteiger partial charge in [-0.05, 0) is 30.4 Å². The van der Waals surface area contributed by atoms with Gasteiger partial charge in [0.1, 0.15) is 0 Å². The monoisotopic (exact) mass is 232 g/mol. The van der Waals surface area contributed by atoms with Crippen molar-refractivity contribution < 1.29 is 9.53 Å². The molecule has 2 nitrogen and oxygen atoms in total. The molecule has 0 amide bonds. The zero-order valence-electron chi connectivity index (χ0n) is 10.6. The predicted octanol–water partition coefficient (Wildman–Crippen LogP) is 3.97. The molecule has 0 radical (unpaired) electrons. The lowest BCUT2D eigenvalue weighted by Gasteiger charge is -2.10. The van der Waals surface area contributed by atoms with Gasteiger partial charge < -0.3 is 4.74 Å². The van der Waals surface area contributed by atoms with E-state index < -0.39 is 0 Å². The molecule has 92 valence electrons. The molecule has 17 heavy (non-hydrogen) atoms. The van der Waals surface area contributed by atoms with Crippen molar-refractivity contribution in [2.45, 2.75) is 33.1 Å². The number of carbonyl (C=O) groups excluding carboxylic acids is 1. The van der Waals surface area contributed by atoms with Gasteiger partial charge in [-0.2, -0.15) is 0 Å². The maximum absolute atomic E-state index is 11.7. The van der Waals surface area contributed by atoms with Crippen LogP contribution in [0.4, 0.5) is 0 Å². The minimum Gasteiger partial charge on any atom is -0.432 e. The van der Waals surface area contributed by atoms with Crippen LogP contribution >= 0.6 is 0 Å². The predicted molar refractivity (Wildman–Crippen MR) is 69.8 cm³/mol. The lowest BCUT2D eigenvalue weighted by atomic mass is 9.96. The normalized spacial score (nSPS) is 11.9. The van der Waals surface area contributed by atoms with Gasteiger partial charge in [-0.25, -0.2) is 4.79 Å². The molecule has 0 heterocycles. The highest BCUT2D eigenvalue weighted by Gasteiger charge is 2.11. The van der Waals surface area contributed by atoms with E-state index in [0.717, 1.165) is 18.4 Å². The molecule has 1 atom stereocenters. The Morgan fingerprint density at radius 3 is 2.82 bits per heavy atom. The summed E-state index contributed by atoms with van der Waals surface area (Å²) in [6, 6.07) is 7.60. The molecule has 1 unspecified atom stereocenters. The second kappa shape index (κ2) is 6.89. The SMILES string of the molecule is C=COC(=O)c1ccccc1CCC(C)CC. The fourth-order valence-electron chi connectivity index (χ4n) is 1.68. The molecule has 1 aromatic carbocycles. The lowest BCUT2D eigenvalue weighted by molar-refractivity contribution is 0.0663. The van der Waals surface area contributed by atoms with Crippen molar-refractivity contribution in [2.75, 3.05) is 0 Å². The lowest BCUT2D eigenvalue weighted by Crippen LogP contribution is -2.06. The number of rotatable bonds is 6. The molecule has 1 aromatic rings. The Bertz CT molecular complexity index is 382. The first-order valence-corrected chi connectivity index (χ1v) is 6.08. The summed E-state index contributed by atoms with van der Waals surface area (Å²) in [5, 5.41) is 0. The minimum atomic E-state index is -0.320. The highest BCUT2D eigenvalue weighted by atomic mass is 16.5. The van der Waals surface area contributed by atoms with Gasteiger partial charge in [-0.15, -0.1) is 0 Å². The number of ether oxygens (including phenoxy) is 1. The molecule has 0 saturated heterocycles. The van der Waals surface area contributed by atoms with Gasteiger partial charge in [-0.3, -0.25) is 0 Å². The van der Waals surface area contributed by atoms with Crippen molar-refractivity contribution in [2.24, 2.45) is 5.92 Å². The van der Waals surface area contributed by atoms with E-state index >= 15 is 0 Å². The Kier molecular flexibility index (Phi) is 5.47. The molecule has 0 fully saturated rings. The van der Waals surface area contributed by atoms with Crippen LogP contribution in [-0.2, 0) is 11.2 Å². The molecule has 0 spiro atoms. The van der Waals surface area contributed by atoms with Crippen LogP contribution in [0.5, 0.6) is 0 Å². The summed E-state index contributed by atoms with van der Waals surface area (Å²) >= 11 is 0. The minimum absolute atomic E-state index is 0.320. The molecular formula is C15H20O2. The smallest absolute Gasteiger partial charge is 0.343 e. The fourth-order valence-corrected chi connectivity index (χ4v) is 1.68. The van der Waals surface area contributed by atoms with Crippen LogP contribution in [-0.4, -0.2) is 5.97 Å². The van der Waals surface area contributed by atoms with E-state index in [4.69, 9.17) is 4.74 Å². The highest BCUT2D eigenvalue weighted by molar-refractivity contribution is 5.91. The van der Waals surface area contributed by atoms with Gasteiger partial charge >= 0.3 is 5.97 Å². The maximum Gasteiger partial charge on any atom is 0.343 e. The Hall–Kier alpha value is -1.57. The van der Waals surface area contributed by atoms with E-state index in [1.165, 1.54) is 12.7 Å². The summed E-state index contributed by atoms with van der Waals surface area (Å²) < 4.78 is 4.83. The van der Waals surface area contributed by atoms with Gasteiger partial charge in [-0.1, -0.05) is 45.0 Å². The van der Waals surface area contributed by atoms with Crippen LogP contribution < -0.4 is 0 Å². The quantitative estimate of drug-likeness (QED) is 0.548. The molecule has 0 aliphatic rings. The van der Waals surface area contributed by atoms with Crippen LogP contribution in [0.15, 0.2) is 37.1 Å². The average molecular weight is 232 g/mol. The molecule has 0 aliphatic heterocycles. The van der Waals surface area contributed by atoms with Crippen molar-refractivity contribution in [3.05, 3.63) is 48.2 Å². The van der Waals surface area contributed by atoms with Gasteiger partial charge in [0.15, 0.2) is 0 Å². The second-order valence-electron chi connectivity index (χ2n) is 4.28. The third-order valence-electron chi connectivity index (χ3n) is 3.03. The number of esters is 1. The zero-order valence-corrected chi connectivity index (χ0v) is 10.6. The molecule has 0 N–H and O–H groups in total. The standard InChI is InChI=1S/C15H20O2/c1-4-12(3)10-11-13-8-6-7-9-14(13)15(16)17-5-2/h5-9,12H,2,4,10-11H2,1,3H3. The Morgan fingerprint density at radius 1 is 1.47 bits per heavy atom. The van der Waals surface area contributed by atoms with E-state index in [-0.39, 0.29) is 5.97 Å². The Morgan fingerprint density at radius 2 is 2.18 bits per heavy atom. The summed E-state index contributed by atoms with van der Waals surface area (Å²) in [5.74, 6) is 0.359. The first-order chi connectivity index (χ1) is 8.19. The van der Waals surface area contributed by atoms with Crippen molar-refractivity contribution in [1.29, 1.82) is 0 Å². The van der Waals surface area contributed by atoms with Gasteiger partial charge in [0.2, 0.25) is 0 Å². The summed E-state index contributed by atoms with van der Waals surface area (Å²) in [6.07, 6.45) is 4.35. The van der Waals surface area contributed by atoms with Crippen LogP contribution in [0.1, 0.15) is 42.6 Å². The Labute approximate surface area is 103 Å². The van der Waals surface area contributed by atoms with Crippen molar-refractivity contribution in [3.8, 4) is 0 Å². The molecule has 1 rings (SSSR count). The summed E-state index contributed by atoms with van der Waals surface area (Å²) in [6.45, 7) is 7.81. The second-order valence-corrected chi connectivity index (χ2v) is 4.28. The third kappa shape index (κ3) is 4.06. The topological polar surface area (TPSA) is 26.3 Å². The van der Waals surface area contributed by atoms with Gasteiger partial charge in [0.25, 0.3) is 0 Å². The van der Waals surface area contributed by atoms with E-state index in [2.05, 4.69) is 20.4 Å².